The highest BCUT2D eigenvalue weighted by Gasteiger charge is 2.27. The molecule has 1 aliphatic rings. The molecule has 0 radical (unpaired) electrons. The molecule has 0 amide bonds. The first-order chi connectivity index (χ1) is 9.02. The molecule has 1 N–H and O–H groups in total. The molecule has 1 aromatic carbocycles. The van der Waals surface area contributed by atoms with Crippen LogP contribution in [0.25, 0.3) is 0 Å². The van der Waals surface area contributed by atoms with Gasteiger partial charge in [0.25, 0.3) is 0 Å². The molecule has 106 valence electrons. The molecule has 4 heteroatoms. The Balaban J connectivity index is 2.23. The van der Waals surface area contributed by atoms with Gasteiger partial charge >= 0.3 is 0 Å². The lowest BCUT2D eigenvalue weighted by atomic mass is 9.96. The van der Waals surface area contributed by atoms with Crippen LogP contribution in [0.1, 0.15) is 22.8 Å². The molecule has 0 aromatic heterocycles. The van der Waals surface area contributed by atoms with Gasteiger partial charge in [-0.1, -0.05) is 0 Å². The lowest BCUT2D eigenvalue weighted by molar-refractivity contribution is -0.0846. The number of aliphatic hydroxyl groups excluding tert-OH is 1. The molecule has 1 aliphatic heterocycles. The largest absolute Gasteiger partial charge is 0.496 e. The van der Waals surface area contributed by atoms with Crippen LogP contribution in [0.5, 0.6) is 5.75 Å². The van der Waals surface area contributed by atoms with E-state index in [1.54, 1.807) is 7.11 Å². The van der Waals surface area contributed by atoms with Crippen molar-refractivity contribution in [2.45, 2.75) is 26.1 Å². The van der Waals surface area contributed by atoms with Gasteiger partial charge in [0.05, 0.1) is 13.7 Å². The second kappa shape index (κ2) is 5.90. The van der Waals surface area contributed by atoms with Gasteiger partial charge in [-0.25, -0.2) is 0 Å². The Morgan fingerprint density at radius 2 is 2.11 bits per heavy atom. The molecule has 0 saturated carbocycles. The molecular weight excluding hydrogens is 242 g/mol. The van der Waals surface area contributed by atoms with Crippen LogP contribution in [0.4, 0.5) is 0 Å². The summed E-state index contributed by atoms with van der Waals surface area (Å²) in [5.74, 6) is 0.857. The van der Waals surface area contributed by atoms with Gasteiger partial charge in [-0.15, -0.1) is 0 Å². The zero-order chi connectivity index (χ0) is 14.0. The molecule has 0 bridgehead atoms. The number of hydrogen-bond donors (Lipinski definition) is 1. The standard InChI is InChI=1S/C15H23NO3/c1-10-8-13(18-4)11(2)7-12(10)15(17)14-9-16(3)5-6-19-14/h7-8,14-15,17H,5-6,9H2,1-4H3. The van der Waals surface area contributed by atoms with Crippen molar-refractivity contribution in [2.75, 3.05) is 33.9 Å². The molecule has 2 rings (SSSR count). The number of likely N-dealkylation sites (N-methyl/N-ethyl adjacent to an activating group) is 1. The van der Waals surface area contributed by atoms with Crippen molar-refractivity contribution >= 4 is 0 Å². The van der Waals surface area contributed by atoms with Gasteiger partial charge in [0.2, 0.25) is 0 Å². The number of morpholine rings is 1. The number of ether oxygens (including phenoxy) is 2. The maximum absolute atomic E-state index is 10.5. The third kappa shape index (κ3) is 3.08. The van der Waals surface area contributed by atoms with Crippen molar-refractivity contribution in [3.63, 3.8) is 0 Å². The van der Waals surface area contributed by atoms with Gasteiger partial charge in [-0.2, -0.15) is 0 Å². The van der Waals surface area contributed by atoms with Gasteiger partial charge in [-0.3, -0.25) is 0 Å². The zero-order valence-electron chi connectivity index (χ0n) is 12.1. The summed E-state index contributed by atoms with van der Waals surface area (Å²) in [6.07, 6.45) is -0.752. The minimum atomic E-state index is -0.590. The fourth-order valence-corrected chi connectivity index (χ4v) is 2.55. The first-order valence-electron chi connectivity index (χ1n) is 6.66. The molecule has 0 aliphatic carbocycles. The smallest absolute Gasteiger partial charge is 0.122 e. The Bertz CT molecular complexity index is 447. The molecule has 4 nitrogen and oxygen atoms in total. The maximum atomic E-state index is 10.5. The number of nitrogens with zero attached hydrogens (tertiary/aromatic N) is 1. The average molecular weight is 265 g/mol. The van der Waals surface area contributed by atoms with Crippen LogP contribution in [0.2, 0.25) is 0 Å². The maximum Gasteiger partial charge on any atom is 0.122 e. The SMILES string of the molecule is COc1cc(C)c(C(O)C2CN(C)CCO2)cc1C. The van der Waals surface area contributed by atoms with Crippen molar-refractivity contribution < 1.29 is 14.6 Å². The summed E-state index contributed by atoms with van der Waals surface area (Å²) in [4.78, 5) is 2.18. The minimum absolute atomic E-state index is 0.162. The third-order valence-electron chi connectivity index (χ3n) is 3.75. The lowest BCUT2D eigenvalue weighted by Crippen LogP contribution is -2.43. The van der Waals surface area contributed by atoms with Gasteiger partial charge in [0.15, 0.2) is 0 Å². The summed E-state index contributed by atoms with van der Waals surface area (Å²) in [6.45, 7) is 6.33. The summed E-state index contributed by atoms with van der Waals surface area (Å²) in [5, 5.41) is 10.5. The molecule has 1 saturated heterocycles. The van der Waals surface area contributed by atoms with Crippen LogP contribution in [-0.4, -0.2) is 50.0 Å². The van der Waals surface area contributed by atoms with Crippen molar-refractivity contribution in [3.05, 3.63) is 28.8 Å². The first-order valence-corrected chi connectivity index (χ1v) is 6.66. The fraction of sp³-hybridized carbons (Fsp3) is 0.600. The van der Waals surface area contributed by atoms with Gasteiger partial charge in [0.1, 0.15) is 18.0 Å². The number of benzene rings is 1. The molecule has 19 heavy (non-hydrogen) atoms. The highest BCUT2D eigenvalue weighted by Crippen LogP contribution is 2.29. The van der Waals surface area contributed by atoms with Gasteiger partial charge in [0, 0.05) is 13.1 Å². The molecule has 2 atom stereocenters. The quantitative estimate of drug-likeness (QED) is 0.903. The van der Waals surface area contributed by atoms with Crippen molar-refractivity contribution in [3.8, 4) is 5.75 Å². The topological polar surface area (TPSA) is 41.9 Å². The summed E-state index contributed by atoms with van der Waals surface area (Å²) in [7, 11) is 3.71. The predicted octanol–water partition coefficient (Wildman–Crippen LogP) is 1.68. The number of aryl methyl sites for hydroxylation is 2. The van der Waals surface area contributed by atoms with E-state index in [0.717, 1.165) is 35.5 Å². The Morgan fingerprint density at radius 3 is 2.74 bits per heavy atom. The number of hydrogen-bond acceptors (Lipinski definition) is 4. The van der Waals surface area contributed by atoms with E-state index in [2.05, 4.69) is 4.90 Å². The van der Waals surface area contributed by atoms with E-state index in [4.69, 9.17) is 9.47 Å². The Kier molecular flexibility index (Phi) is 4.45. The highest BCUT2D eigenvalue weighted by molar-refractivity contribution is 5.42. The normalized spacial score (nSPS) is 22.3. The molecule has 1 heterocycles. The molecule has 2 unspecified atom stereocenters. The monoisotopic (exact) mass is 265 g/mol. The van der Waals surface area contributed by atoms with Crippen LogP contribution >= 0.6 is 0 Å². The molecule has 1 aromatic rings. The third-order valence-corrected chi connectivity index (χ3v) is 3.75. The van der Waals surface area contributed by atoms with Crippen LogP contribution in [0.15, 0.2) is 12.1 Å². The van der Waals surface area contributed by atoms with Crippen LogP contribution < -0.4 is 4.74 Å². The van der Waals surface area contributed by atoms with E-state index >= 15 is 0 Å². The second-order valence-corrected chi connectivity index (χ2v) is 5.29. The van der Waals surface area contributed by atoms with Crippen LogP contribution in [0, 0.1) is 13.8 Å². The Labute approximate surface area is 114 Å². The van der Waals surface area contributed by atoms with Crippen molar-refractivity contribution in [1.29, 1.82) is 0 Å². The zero-order valence-corrected chi connectivity index (χ0v) is 12.1. The fourth-order valence-electron chi connectivity index (χ4n) is 2.55. The summed E-state index contributed by atoms with van der Waals surface area (Å²) < 4.78 is 11.0. The predicted molar refractivity (Wildman–Crippen MR) is 74.7 cm³/mol. The minimum Gasteiger partial charge on any atom is -0.496 e. The summed E-state index contributed by atoms with van der Waals surface area (Å²) in [6, 6.07) is 3.97. The van der Waals surface area contributed by atoms with E-state index in [9.17, 15) is 5.11 Å². The van der Waals surface area contributed by atoms with E-state index in [-0.39, 0.29) is 6.10 Å². The Morgan fingerprint density at radius 1 is 1.37 bits per heavy atom. The summed E-state index contributed by atoms with van der Waals surface area (Å²) >= 11 is 0. The highest BCUT2D eigenvalue weighted by atomic mass is 16.5. The van der Waals surface area contributed by atoms with Crippen LogP contribution in [-0.2, 0) is 4.74 Å². The molecule has 0 spiro atoms. The van der Waals surface area contributed by atoms with E-state index in [1.807, 2.05) is 33.0 Å². The summed E-state index contributed by atoms with van der Waals surface area (Å²) in [5.41, 5.74) is 3.00. The van der Waals surface area contributed by atoms with Gasteiger partial charge in [-0.05, 0) is 49.7 Å². The van der Waals surface area contributed by atoms with Crippen molar-refractivity contribution in [1.82, 2.24) is 4.90 Å². The lowest BCUT2D eigenvalue weighted by Gasteiger charge is -2.33. The Hall–Kier alpha value is -1.10. The molecular formula is C15H23NO3. The number of methoxy groups -OCH3 is 1. The van der Waals surface area contributed by atoms with Crippen molar-refractivity contribution in [2.24, 2.45) is 0 Å². The van der Waals surface area contributed by atoms with Gasteiger partial charge < -0.3 is 19.5 Å². The second-order valence-electron chi connectivity index (χ2n) is 5.29. The number of rotatable bonds is 3. The average Bonchev–Trinajstić information content (AvgIpc) is 2.40. The van der Waals surface area contributed by atoms with E-state index in [0.29, 0.717) is 6.61 Å². The van der Waals surface area contributed by atoms with E-state index < -0.39 is 6.10 Å². The van der Waals surface area contributed by atoms with Crippen LogP contribution in [0.3, 0.4) is 0 Å². The van der Waals surface area contributed by atoms with E-state index in [1.165, 1.54) is 0 Å². The number of aliphatic hydroxyl groups is 1. The first kappa shape index (κ1) is 14.3. The molecule has 1 fully saturated rings.